The third-order valence-electron chi connectivity index (χ3n) is 2.00. The molecule has 4 nitrogen and oxygen atoms in total. The minimum Gasteiger partial charge on any atom is -0.311 e. The molecule has 0 aromatic heterocycles. The topological polar surface area (TPSA) is 50.4 Å². The van der Waals surface area contributed by atoms with Crippen LogP contribution in [0.2, 0.25) is 0 Å². The van der Waals surface area contributed by atoms with Crippen LogP contribution in [0.15, 0.2) is 0 Å². The van der Waals surface area contributed by atoms with Crippen LogP contribution in [0, 0.1) is 5.92 Å². The average molecular weight is 231 g/mol. The largest absolute Gasteiger partial charge is 0.311 e. The Kier molecular flexibility index (Phi) is 5.25. The molecule has 1 aliphatic heterocycles. The van der Waals surface area contributed by atoms with Gasteiger partial charge in [0.2, 0.25) is 0 Å². The fraction of sp³-hybridized carbons (Fsp3) is 0.857. The highest BCUT2D eigenvalue weighted by molar-refractivity contribution is 5.85. The van der Waals surface area contributed by atoms with E-state index >= 15 is 0 Å². The monoisotopic (exact) mass is 230 g/mol. The summed E-state index contributed by atoms with van der Waals surface area (Å²) < 4.78 is 26.1. The quantitative estimate of drug-likeness (QED) is 0.673. The first-order chi connectivity index (χ1) is 6.08. The molecule has 14 heavy (non-hydrogen) atoms. The van der Waals surface area contributed by atoms with Crippen molar-refractivity contribution < 1.29 is 18.4 Å². The minimum absolute atomic E-state index is 0. The molecule has 0 radical (unpaired) electrons. The van der Waals surface area contributed by atoms with Gasteiger partial charge in [0.05, 0.1) is 13.7 Å². The minimum atomic E-state index is -2.99. The second kappa shape index (κ2) is 5.43. The van der Waals surface area contributed by atoms with Crippen molar-refractivity contribution in [1.82, 2.24) is 10.8 Å². The molecule has 0 aliphatic carbocycles. The number of amides is 1. The SMILES string of the molecule is CONC(=O)C1CCNCC1(F)F.Cl. The first-order valence-electron chi connectivity index (χ1n) is 3.99. The van der Waals surface area contributed by atoms with E-state index in [1.807, 2.05) is 5.48 Å². The first kappa shape index (κ1) is 13.5. The predicted molar refractivity (Wildman–Crippen MR) is 48.3 cm³/mol. The lowest BCUT2D eigenvalue weighted by Crippen LogP contribution is -2.51. The van der Waals surface area contributed by atoms with Gasteiger partial charge in [0.1, 0.15) is 5.92 Å². The van der Waals surface area contributed by atoms with Crippen molar-refractivity contribution >= 4 is 18.3 Å². The standard InChI is InChI=1S/C7H12F2N2O2.ClH/c1-13-11-6(12)5-2-3-10-4-7(5,8)9;/h5,10H,2-4H2,1H3,(H,11,12);1H. The van der Waals surface area contributed by atoms with Gasteiger partial charge < -0.3 is 5.32 Å². The molecule has 1 rings (SSSR count). The predicted octanol–water partition coefficient (Wildman–Crippen LogP) is 0.331. The molecule has 1 fully saturated rings. The van der Waals surface area contributed by atoms with Crippen LogP contribution < -0.4 is 10.8 Å². The van der Waals surface area contributed by atoms with Crippen molar-refractivity contribution in [2.24, 2.45) is 5.92 Å². The fourth-order valence-corrected chi connectivity index (χ4v) is 1.33. The van der Waals surface area contributed by atoms with Crippen LogP contribution in [-0.4, -0.2) is 32.0 Å². The number of hydroxylamine groups is 1. The van der Waals surface area contributed by atoms with Gasteiger partial charge in [-0.1, -0.05) is 0 Å². The van der Waals surface area contributed by atoms with Gasteiger partial charge in [-0.15, -0.1) is 12.4 Å². The molecule has 1 atom stereocenters. The smallest absolute Gasteiger partial charge is 0.271 e. The Morgan fingerprint density at radius 3 is 2.79 bits per heavy atom. The number of hydrogen-bond donors (Lipinski definition) is 2. The summed E-state index contributed by atoms with van der Waals surface area (Å²) in [4.78, 5) is 15.4. The summed E-state index contributed by atoms with van der Waals surface area (Å²) in [5.41, 5.74) is 1.92. The van der Waals surface area contributed by atoms with Gasteiger partial charge in [0.25, 0.3) is 11.8 Å². The summed E-state index contributed by atoms with van der Waals surface area (Å²) in [7, 11) is 1.22. The summed E-state index contributed by atoms with van der Waals surface area (Å²) in [6, 6.07) is 0. The van der Waals surface area contributed by atoms with Gasteiger partial charge in [0, 0.05) is 0 Å². The van der Waals surface area contributed by atoms with Crippen molar-refractivity contribution in [3.05, 3.63) is 0 Å². The average Bonchev–Trinajstić information content (AvgIpc) is 2.03. The highest BCUT2D eigenvalue weighted by Gasteiger charge is 2.45. The molecule has 1 unspecified atom stereocenters. The fourth-order valence-electron chi connectivity index (χ4n) is 1.33. The van der Waals surface area contributed by atoms with Crippen LogP contribution in [0.1, 0.15) is 6.42 Å². The molecular weight excluding hydrogens is 218 g/mol. The summed E-state index contributed by atoms with van der Waals surface area (Å²) in [6.45, 7) is -0.0216. The Hall–Kier alpha value is -0.460. The zero-order chi connectivity index (χ0) is 9.90. The molecule has 0 bridgehead atoms. The second-order valence-corrected chi connectivity index (χ2v) is 2.95. The van der Waals surface area contributed by atoms with E-state index in [-0.39, 0.29) is 18.8 Å². The molecule has 0 spiro atoms. The second-order valence-electron chi connectivity index (χ2n) is 2.95. The molecule has 1 heterocycles. The maximum absolute atomic E-state index is 13.1. The molecular formula is C7H13ClF2N2O2. The van der Waals surface area contributed by atoms with E-state index < -0.39 is 24.3 Å². The normalized spacial score (nSPS) is 24.9. The van der Waals surface area contributed by atoms with Crippen LogP contribution in [-0.2, 0) is 9.63 Å². The Morgan fingerprint density at radius 1 is 1.64 bits per heavy atom. The van der Waals surface area contributed by atoms with E-state index in [9.17, 15) is 13.6 Å². The van der Waals surface area contributed by atoms with Crippen molar-refractivity contribution in [2.75, 3.05) is 20.2 Å². The zero-order valence-electron chi connectivity index (χ0n) is 7.68. The van der Waals surface area contributed by atoms with Crippen molar-refractivity contribution in [3.63, 3.8) is 0 Å². The molecule has 0 aromatic rings. The highest BCUT2D eigenvalue weighted by atomic mass is 35.5. The Bertz CT molecular complexity index is 204. The van der Waals surface area contributed by atoms with Crippen molar-refractivity contribution in [2.45, 2.75) is 12.3 Å². The third-order valence-corrected chi connectivity index (χ3v) is 2.00. The van der Waals surface area contributed by atoms with Crippen LogP contribution in [0.5, 0.6) is 0 Å². The van der Waals surface area contributed by atoms with E-state index in [4.69, 9.17) is 0 Å². The molecule has 1 amide bonds. The highest BCUT2D eigenvalue weighted by Crippen LogP contribution is 2.29. The number of halogens is 3. The number of carbonyl (C=O) groups excluding carboxylic acids is 1. The van der Waals surface area contributed by atoms with Gasteiger partial charge in [-0.3, -0.25) is 9.63 Å². The lowest BCUT2D eigenvalue weighted by molar-refractivity contribution is -0.153. The van der Waals surface area contributed by atoms with Crippen molar-refractivity contribution in [1.29, 1.82) is 0 Å². The van der Waals surface area contributed by atoms with E-state index in [1.54, 1.807) is 0 Å². The number of alkyl halides is 2. The van der Waals surface area contributed by atoms with Gasteiger partial charge in [0.15, 0.2) is 0 Å². The van der Waals surface area contributed by atoms with E-state index in [2.05, 4.69) is 10.2 Å². The number of piperidine rings is 1. The van der Waals surface area contributed by atoms with Crippen LogP contribution in [0.4, 0.5) is 8.78 Å². The number of rotatable bonds is 2. The Labute approximate surface area is 86.7 Å². The van der Waals surface area contributed by atoms with Crippen LogP contribution in [0.3, 0.4) is 0 Å². The summed E-state index contributed by atoms with van der Waals surface area (Å²) in [5, 5.41) is 2.53. The van der Waals surface area contributed by atoms with Crippen LogP contribution >= 0.6 is 12.4 Å². The van der Waals surface area contributed by atoms with Gasteiger partial charge in [-0.05, 0) is 13.0 Å². The van der Waals surface area contributed by atoms with Gasteiger partial charge >= 0.3 is 0 Å². The maximum Gasteiger partial charge on any atom is 0.271 e. The maximum atomic E-state index is 13.1. The molecule has 0 aromatic carbocycles. The molecule has 84 valence electrons. The van der Waals surface area contributed by atoms with Crippen molar-refractivity contribution in [3.8, 4) is 0 Å². The first-order valence-corrected chi connectivity index (χ1v) is 3.99. The number of nitrogens with one attached hydrogen (secondary N) is 2. The number of carbonyl (C=O) groups is 1. The van der Waals surface area contributed by atoms with E-state index in [0.29, 0.717) is 6.54 Å². The Morgan fingerprint density at radius 2 is 2.29 bits per heavy atom. The lowest BCUT2D eigenvalue weighted by atomic mass is 9.93. The molecule has 1 aliphatic rings. The molecule has 2 N–H and O–H groups in total. The molecule has 0 saturated carbocycles. The lowest BCUT2D eigenvalue weighted by Gasteiger charge is -2.30. The molecule has 1 saturated heterocycles. The summed E-state index contributed by atoms with van der Waals surface area (Å²) >= 11 is 0. The van der Waals surface area contributed by atoms with E-state index in [1.165, 1.54) is 7.11 Å². The summed E-state index contributed by atoms with van der Waals surface area (Å²) in [6.07, 6.45) is 0.127. The van der Waals surface area contributed by atoms with Gasteiger partial charge in [-0.2, -0.15) is 0 Å². The van der Waals surface area contributed by atoms with Crippen LogP contribution in [0.25, 0.3) is 0 Å². The van der Waals surface area contributed by atoms with Gasteiger partial charge in [-0.25, -0.2) is 14.3 Å². The zero-order valence-corrected chi connectivity index (χ0v) is 8.50. The van der Waals surface area contributed by atoms with E-state index in [0.717, 1.165) is 0 Å². The summed E-state index contributed by atoms with van der Waals surface area (Å²) in [5.74, 6) is -5.02. The Balaban J connectivity index is 0.00000169. The third kappa shape index (κ3) is 3.04. The molecule has 7 heteroatoms. The number of hydrogen-bond acceptors (Lipinski definition) is 3.